The molecule has 1 aliphatic carbocycles. The maximum Gasteiger partial charge on any atom is 0.109 e. The van der Waals surface area contributed by atoms with Crippen molar-refractivity contribution >= 4 is 0 Å². The molecule has 1 saturated carbocycles. The number of nitrogens with one attached hydrogen (secondary N) is 1. The number of hydrogen-bond donors (Lipinski definition) is 1. The molecule has 0 aliphatic heterocycles. The Kier molecular flexibility index (Phi) is 5.22. The summed E-state index contributed by atoms with van der Waals surface area (Å²) in [6.07, 6.45) is 11.6. The molecule has 1 aromatic heterocycles. The van der Waals surface area contributed by atoms with Crippen molar-refractivity contribution in [1.29, 1.82) is 0 Å². The maximum absolute atomic E-state index is 4.53. The summed E-state index contributed by atoms with van der Waals surface area (Å²) in [5, 5.41) is 3.74. The van der Waals surface area contributed by atoms with E-state index in [0.717, 1.165) is 13.0 Å². The summed E-state index contributed by atoms with van der Waals surface area (Å²) in [6.45, 7) is 3.22. The smallest absolute Gasteiger partial charge is 0.109 e. The van der Waals surface area contributed by atoms with E-state index in [1.807, 2.05) is 12.4 Å². The molecule has 1 aromatic rings. The first-order chi connectivity index (χ1) is 9.60. The van der Waals surface area contributed by atoms with E-state index >= 15 is 0 Å². The van der Waals surface area contributed by atoms with Crippen LogP contribution in [0, 0.1) is 0 Å². The van der Waals surface area contributed by atoms with Crippen molar-refractivity contribution in [2.45, 2.75) is 57.0 Å². The van der Waals surface area contributed by atoms with Crippen molar-refractivity contribution in [3.05, 3.63) is 18.2 Å². The third kappa shape index (κ3) is 3.07. The van der Waals surface area contributed by atoms with Gasteiger partial charge in [0, 0.05) is 37.4 Å². The molecule has 1 heterocycles. The van der Waals surface area contributed by atoms with Crippen LogP contribution in [0.5, 0.6) is 0 Å². The second kappa shape index (κ2) is 6.72. The number of aryl methyl sites for hydroxylation is 1. The molecule has 20 heavy (non-hydrogen) atoms. The van der Waals surface area contributed by atoms with Gasteiger partial charge in [0.15, 0.2) is 0 Å². The van der Waals surface area contributed by atoms with Gasteiger partial charge in [-0.3, -0.25) is 0 Å². The van der Waals surface area contributed by atoms with Crippen LogP contribution in [0.15, 0.2) is 12.4 Å². The Morgan fingerprint density at radius 1 is 1.35 bits per heavy atom. The minimum absolute atomic E-state index is 0.278. The lowest BCUT2D eigenvalue weighted by Crippen LogP contribution is -2.61. The van der Waals surface area contributed by atoms with Crippen LogP contribution in [0.1, 0.15) is 44.9 Å². The first-order valence-corrected chi connectivity index (χ1v) is 7.97. The van der Waals surface area contributed by atoms with Gasteiger partial charge in [-0.2, -0.15) is 0 Å². The molecule has 0 spiro atoms. The molecule has 1 atom stereocenters. The lowest BCUT2D eigenvalue weighted by Gasteiger charge is -2.49. The van der Waals surface area contributed by atoms with Crippen LogP contribution in [-0.4, -0.2) is 46.7 Å². The summed E-state index contributed by atoms with van der Waals surface area (Å²) < 4.78 is 2.15. The monoisotopic (exact) mass is 278 g/mol. The second-order valence-electron chi connectivity index (χ2n) is 6.33. The lowest BCUT2D eigenvalue weighted by atomic mass is 9.74. The summed E-state index contributed by atoms with van der Waals surface area (Å²) >= 11 is 0. The normalized spacial score (nSPS) is 20.2. The molecule has 1 aliphatic rings. The average molecular weight is 278 g/mol. The van der Waals surface area contributed by atoms with Crippen molar-refractivity contribution in [2.24, 2.45) is 7.05 Å². The number of nitrogens with zero attached hydrogens (tertiary/aromatic N) is 3. The van der Waals surface area contributed by atoms with Gasteiger partial charge in [0.25, 0.3) is 0 Å². The third-order valence-electron chi connectivity index (χ3n) is 5.02. The van der Waals surface area contributed by atoms with Crippen LogP contribution in [-0.2, 0) is 13.5 Å². The molecule has 0 amide bonds. The summed E-state index contributed by atoms with van der Waals surface area (Å²) in [7, 11) is 6.58. The van der Waals surface area contributed by atoms with E-state index < -0.39 is 0 Å². The number of aromatic nitrogens is 2. The SMILES string of the molecule is CCNC(Cc1nccn1C)C1(N(C)C)CCCCC1. The van der Waals surface area contributed by atoms with Crippen LogP contribution in [0.4, 0.5) is 0 Å². The molecule has 2 rings (SSSR count). The quantitative estimate of drug-likeness (QED) is 0.866. The molecular formula is C16H30N4. The van der Waals surface area contributed by atoms with Gasteiger partial charge < -0.3 is 14.8 Å². The van der Waals surface area contributed by atoms with Gasteiger partial charge in [-0.15, -0.1) is 0 Å². The van der Waals surface area contributed by atoms with Crippen molar-refractivity contribution in [1.82, 2.24) is 19.8 Å². The van der Waals surface area contributed by atoms with Crippen LogP contribution < -0.4 is 5.32 Å². The van der Waals surface area contributed by atoms with Gasteiger partial charge in [-0.05, 0) is 33.5 Å². The van der Waals surface area contributed by atoms with E-state index in [0.29, 0.717) is 6.04 Å². The van der Waals surface area contributed by atoms with E-state index in [1.165, 1.54) is 37.9 Å². The zero-order chi connectivity index (χ0) is 14.6. The maximum atomic E-state index is 4.53. The summed E-state index contributed by atoms with van der Waals surface area (Å²) in [6, 6.07) is 0.476. The Bertz CT molecular complexity index is 404. The lowest BCUT2D eigenvalue weighted by molar-refractivity contribution is 0.0565. The molecule has 1 unspecified atom stereocenters. The van der Waals surface area contributed by atoms with Crippen LogP contribution in [0.2, 0.25) is 0 Å². The minimum Gasteiger partial charge on any atom is -0.338 e. The van der Waals surface area contributed by atoms with Gasteiger partial charge in [-0.25, -0.2) is 4.98 Å². The van der Waals surface area contributed by atoms with Gasteiger partial charge in [0.2, 0.25) is 0 Å². The van der Waals surface area contributed by atoms with Crippen molar-refractivity contribution in [3.8, 4) is 0 Å². The Morgan fingerprint density at radius 2 is 2.05 bits per heavy atom. The molecule has 0 aromatic carbocycles. The van der Waals surface area contributed by atoms with Crippen LogP contribution >= 0.6 is 0 Å². The van der Waals surface area contributed by atoms with Gasteiger partial charge in [0.1, 0.15) is 5.82 Å². The largest absolute Gasteiger partial charge is 0.338 e. The molecule has 0 radical (unpaired) electrons. The van der Waals surface area contributed by atoms with E-state index in [9.17, 15) is 0 Å². The first-order valence-electron chi connectivity index (χ1n) is 7.97. The molecule has 0 saturated heterocycles. The average Bonchev–Trinajstić information content (AvgIpc) is 2.84. The number of imidazole rings is 1. The molecular weight excluding hydrogens is 248 g/mol. The highest BCUT2D eigenvalue weighted by atomic mass is 15.2. The zero-order valence-corrected chi connectivity index (χ0v) is 13.5. The number of likely N-dealkylation sites (N-methyl/N-ethyl adjacent to an activating group) is 2. The summed E-state index contributed by atoms with van der Waals surface area (Å²) in [5.41, 5.74) is 0.278. The molecule has 4 nitrogen and oxygen atoms in total. The Hall–Kier alpha value is -0.870. The molecule has 4 heteroatoms. The fraction of sp³-hybridized carbons (Fsp3) is 0.812. The Morgan fingerprint density at radius 3 is 2.55 bits per heavy atom. The first kappa shape index (κ1) is 15.5. The minimum atomic E-state index is 0.278. The van der Waals surface area contributed by atoms with Gasteiger partial charge >= 0.3 is 0 Å². The fourth-order valence-corrected chi connectivity index (χ4v) is 3.75. The van der Waals surface area contributed by atoms with Crippen molar-refractivity contribution < 1.29 is 0 Å². The second-order valence-corrected chi connectivity index (χ2v) is 6.33. The van der Waals surface area contributed by atoms with Crippen molar-refractivity contribution in [3.63, 3.8) is 0 Å². The Labute approximate surface area is 123 Å². The van der Waals surface area contributed by atoms with Gasteiger partial charge in [-0.1, -0.05) is 26.2 Å². The topological polar surface area (TPSA) is 33.1 Å². The van der Waals surface area contributed by atoms with Crippen molar-refractivity contribution in [2.75, 3.05) is 20.6 Å². The summed E-state index contributed by atoms with van der Waals surface area (Å²) in [4.78, 5) is 6.99. The highest BCUT2D eigenvalue weighted by Gasteiger charge is 2.41. The third-order valence-corrected chi connectivity index (χ3v) is 5.02. The van der Waals surface area contributed by atoms with E-state index in [-0.39, 0.29) is 5.54 Å². The van der Waals surface area contributed by atoms with E-state index in [2.05, 4.69) is 47.8 Å². The number of rotatable bonds is 6. The highest BCUT2D eigenvalue weighted by molar-refractivity contribution is 5.06. The van der Waals surface area contributed by atoms with Crippen LogP contribution in [0.3, 0.4) is 0 Å². The van der Waals surface area contributed by atoms with Crippen LogP contribution in [0.25, 0.3) is 0 Å². The standard InChI is InChI=1S/C16H30N4/c1-5-17-14(13-15-18-11-12-20(15)4)16(19(2)3)9-7-6-8-10-16/h11-12,14,17H,5-10,13H2,1-4H3. The Balaban J connectivity index is 2.22. The van der Waals surface area contributed by atoms with Gasteiger partial charge in [0.05, 0.1) is 0 Å². The molecule has 114 valence electrons. The molecule has 1 fully saturated rings. The van der Waals surface area contributed by atoms with E-state index in [4.69, 9.17) is 0 Å². The number of hydrogen-bond acceptors (Lipinski definition) is 3. The summed E-state index contributed by atoms with van der Waals surface area (Å²) in [5.74, 6) is 1.18. The van der Waals surface area contributed by atoms with E-state index in [1.54, 1.807) is 0 Å². The predicted molar refractivity (Wildman–Crippen MR) is 83.9 cm³/mol. The predicted octanol–water partition coefficient (Wildman–Crippen LogP) is 2.21. The molecule has 1 N–H and O–H groups in total. The molecule has 0 bridgehead atoms. The zero-order valence-electron chi connectivity index (χ0n) is 13.5. The highest BCUT2D eigenvalue weighted by Crippen LogP contribution is 2.36. The fourth-order valence-electron chi connectivity index (χ4n) is 3.75.